The van der Waals surface area contributed by atoms with Crippen LogP contribution < -0.4 is 0 Å². The van der Waals surface area contributed by atoms with E-state index in [9.17, 15) is 4.79 Å². The van der Waals surface area contributed by atoms with Gasteiger partial charge in [0.05, 0.1) is 10.7 Å². The van der Waals surface area contributed by atoms with Crippen molar-refractivity contribution in [2.75, 3.05) is 14.1 Å². The third kappa shape index (κ3) is 1.59. The van der Waals surface area contributed by atoms with Crippen LogP contribution in [0.1, 0.15) is 10.5 Å². The predicted octanol–water partition coefficient (Wildman–Crippen LogP) is 0.874. The Morgan fingerprint density at radius 2 is 2.36 bits per heavy atom. The predicted molar refractivity (Wildman–Crippen MR) is 44.3 cm³/mol. The highest BCUT2D eigenvalue weighted by Gasteiger charge is 2.12. The third-order valence-electron chi connectivity index (χ3n) is 1.21. The molecule has 11 heavy (non-hydrogen) atoms. The SMILES string of the molecule is CN(C)C(=O)c1[nH]ncc1Br. The van der Waals surface area contributed by atoms with Crippen molar-refractivity contribution >= 4 is 21.8 Å². The van der Waals surface area contributed by atoms with E-state index < -0.39 is 0 Å². The van der Waals surface area contributed by atoms with Crippen LogP contribution in [0.4, 0.5) is 0 Å². The van der Waals surface area contributed by atoms with E-state index in [4.69, 9.17) is 0 Å². The number of aromatic amines is 1. The maximum atomic E-state index is 11.3. The Balaban J connectivity index is 2.93. The lowest BCUT2D eigenvalue weighted by Crippen LogP contribution is -2.22. The van der Waals surface area contributed by atoms with Crippen molar-refractivity contribution in [3.63, 3.8) is 0 Å². The lowest BCUT2D eigenvalue weighted by Gasteiger charge is -2.07. The van der Waals surface area contributed by atoms with Crippen molar-refractivity contribution in [2.24, 2.45) is 0 Å². The van der Waals surface area contributed by atoms with Crippen LogP contribution in [0.2, 0.25) is 0 Å². The van der Waals surface area contributed by atoms with Crippen molar-refractivity contribution in [1.29, 1.82) is 0 Å². The van der Waals surface area contributed by atoms with Gasteiger partial charge in [-0.3, -0.25) is 9.89 Å². The van der Waals surface area contributed by atoms with Crippen LogP contribution in [-0.2, 0) is 0 Å². The lowest BCUT2D eigenvalue weighted by molar-refractivity contribution is 0.0821. The number of carbonyl (C=O) groups excluding carboxylic acids is 1. The molecule has 4 nitrogen and oxygen atoms in total. The molecule has 0 saturated carbocycles. The first-order chi connectivity index (χ1) is 5.13. The Labute approximate surface area is 72.7 Å². The summed E-state index contributed by atoms with van der Waals surface area (Å²) in [4.78, 5) is 12.7. The first-order valence-electron chi connectivity index (χ1n) is 3.03. The summed E-state index contributed by atoms with van der Waals surface area (Å²) in [5.74, 6) is -0.0885. The highest BCUT2D eigenvalue weighted by Crippen LogP contribution is 2.13. The van der Waals surface area contributed by atoms with Gasteiger partial charge < -0.3 is 4.90 Å². The van der Waals surface area contributed by atoms with Crippen LogP contribution in [0.15, 0.2) is 10.7 Å². The fourth-order valence-corrected chi connectivity index (χ4v) is 1.01. The minimum Gasteiger partial charge on any atom is -0.343 e. The van der Waals surface area contributed by atoms with E-state index in [2.05, 4.69) is 26.1 Å². The molecule has 0 aliphatic carbocycles. The third-order valence-corrected chi connectivity index (χ3v) is 1.81. The molecule has 1 heterocycles. The van der Waals surface area contributed by atoms with E-state index in [0.29, 0.717) is 10.2 Å². The Bertz CT molecular complexity index is 269. The molecular formula is C6H8BrN3O. The number of aromatic nitrogens is 2. The molecule has 1 aromatic heterocycles. The molecular weight excluding hydrogens is 210 g/mol. The number of halogens is 1. The number of nitrogens with zero attached hydrogens (tertiary/aromatic N) is 2. The number of carbonyl (C=O) groups is 1. The van der Waals surface area contributed by atoms with Gasteiger partial charge in [-0.2, -0.15) is 5.10 Å². The van der Waals surface area contributed by atoms with Gasteiger partial charge in [-0.15, -0.1) is 0 Å². The van der Waals surface area contributed by atoms with Gasteiger partial charge in [0.15, 0.2) is 0 Å². The average molecular weight is 218 g/mol. The van der Waals surface area contributed by atoms with Crippen LogP contribution in [0.3, 0.4) is 0 Å². The average Bonchev–Trinajstić information content (AvgIpc) is 2.33. The van der Waals surface area contributed by atoms with Gasteiger partial charge in [0.25, 0.3) is 5.91 Å². The maximum Gasteiger partial charge on any atom is 0.272 e. The number of rotatable bonds is 1. The minimum atomic E-state index is -0.0885. The van der Waals surface area contributed by atoms with Gasteiger partial charge in [0.2, 0.25) is 0 Å². The minimum absolute atomic E-state index is 0.0885. The fraction of sp³-hybridized carbons (Fsp3) is 0.333. The van der Waals surface area contributed by atoms with Crippen molar-refractivity contribution in [3.05, 3.63) is 16.4 Å². The van der Waals surface area contributed by atoms with E-state index in [0.717, 1.165) is 0 Å². The van der Waals surface area contributed by atoms with Crippen LogP contribution in [-0.4, -0.2) is 35.1 Å². The van der Waals surface area contributed by atoms with Crippen molar-refractivity contribution in [3.8, 4) is 0 Å². The van der Waals surface area contributed by atoms with E-state index in [-0.39, 0.29) is 5.91 Å². The largest absolute Gasteiger partial charge is 0.343 e. The summed E-state index contributed by atoms with van der Waals surface area (Å²) in [5, 5.41) is 6.30. The van der Waals surface area contributed by atoms with Gasteiger partial charge in [-0.1, -0.05) is 0 Å². The van der Waals surface area contributed by atoms with E-state index in [1.165, 1.54) is 4.90 Å². The maximum absolute atomic E-state index is 11.3. The normalized spacial score (nSPS) is 9.73. The van der Waals surface area contributed by atoms with Gasteiger partial charge in [0.1, 0.15) is 5.69 Å². The molecule has 0 fully saturated rings. The Kier molecular flexibility index (Phi) is 2.28. The molecule has 0 aliphatic heterocycles. The summed E-state index contributed by atoms with van der Waals surface area (Å²) < 4.78 is 0.691. The molecule has 0 aromatic carbocycles. The summed E-state index contributed by atoms with van der Waals surface area (Å²) in [6.07, 6.45) is 1.55. The summed E-state index contributed by atoms with van der Waals surface area (Å²) in [5.41, 5.74) is 0.481. The summed E-state index contributed by atoms with van der Waals surface area (Å²) in [6, 6.07) is 0. The highest BCUT2D eigenvalue weighted by atomic mass is 79.9. The molecule has 0 atom stereocenters. The Morgan fingerprint density at radius 3 is 2.73 bits per heavy atom. The van der Waals surface area contributed by atoms with Crippen molar-refractivity contribution in [2.45, 2.75) is 0 Å². The molecule has 60 valence electrons. The molecule has 1 amide bonds. The van der Waals surface area contributed by atoms with E-state index in [1.807, 2.05) is 0 Å². The van der Waals surface area contributed by atoms with Crippen molar-refractivity contribution in [1.82, 2.24) is 15.1 Å². The quantitative estimate of drug-likeness (QED) is 0.760. The molecule has 1 rings (SSSR count). The first-order valence-corrected chi connectivity index (χ1v) is 3.82. The number of nitrogens with one attached hydrogen (secondary N) is 1. The van der Waals surface area contributed by atoms with Gasteiger partial charge >= 0.3 is 0 Å². The Morgan fingerprint density at radius 1 is 1.73 bits per heavy atom. The van der Waals surface area contributed by atoms with Crippen LogP contribution in [0.25, 0.3) is 0 Å². The number of hydrogen-bond acceptors (Lipinski definition) is 2. The van der Waals surface area contributed by atoms with Crippen LogP contribution in [0, 0.1) is 0 Å². The first kappa shape index (κ1) is 8.26. The molecule has 0 saturated heterocycles. The second-order valence-electron chi connectivity index (χ2n) is 2.29. The summed E-state index contributed by atoms with van der Waals surface area (Å²) in [6.45, 7) is 0. The fourth-order valence-electron chi connectivity index (χ4n) is 0.645. The monoisotopic (exact) mass is 217 g/mol. The number of H-pyrrole nitrogens is 1. The molecule has 0 bridgehead atoms. The standard InChI is InChI=1S/C6H8BrN3O/c1-10(2)6(11)5-4(7)3-8-9-5/h3H,1-2H3,(H,8,9). The molecule has 0 aliphatic rings. The topological polar surface area (TPSA) is 49.0 Å². The summed E-state index contributed by atoms with van der Waals surface area (Å²) in [7, 11) is 3.38. The van der Waals surface area contributed by atoms with Crippen LogP contribution >= 0.6 is 15.9 Å². The zero-order valence-electron chi connectivity index (χ0n) is 6.26. The van der Waals surface area contributed by atoms with Crippen LogP contribution in [0.5, 0.6) is 0 Å². The second-order valence-corrected chi connectivity index (χ2v) is 3.15. The van der Waals surface area contributed by atoms with Gasteiger partial charge in [0, 0.05) is 14.1 Å². The highest BCUT2D eigenvalue weighted by molar-refractivity contribution is 9.10. The smallest absolute Gasteiger partial charge is 0.272 e. The molecule has 1 N–H and O–H groups in total. The number of amides is 1. The molecule has 0 unspecified atom stereocenters. The molecule has 0 spiro atoms. The van der Waals surface area contributed by atoms with Crippen molar-refractivity contribution < 1.29 is 4.79 Å². The molecule has 5 heteroatoms. The Hall–Kier alpha value is -0.840. The number of hydrogen-bond donors (Lipinski definition) is 1. The van der Waals surface area contributed by atoms with E-state index >= 15 is 0 Å². The zero-order valence-corrected chi connectivity index (χ0v) is 7.84. The zero-order chi connectivity index (χ0) is 8.43. The summed E-state index contributed by atoms with van der Waals surface area (Å²) >= 11 is 3.19. The molecule has 0 radical (unpaired) electrons. The van der Waals surface area contributed by atoms with E-state index in [1.54, 1.807) is 20.3 Å². The van der Waals surface area contributed by atoms with Gasteiger partial charge in [-0.05, 0) is 15.9 Å². The second kappa shape index (κ2) is 3.04. The molecule has 1 aromatic rings. The van der Waals surface area contributed by atoms with Gasteiger partial charge in [-0.25, -0.2) is 0 Å². The lowest BCUT2D eigenvalue weighted by atomic mass is 10.4.